The number of carbonyl (C=O) groups excluding carboxylic acids is 1. The van der Waals surface area contributed by atoms with Crippen molar-refractivity contribution in [1.82, 2.24) is 4.98 Å². The smallest absolute Gasteiger partial charge is 0.302 e. The van der Waals surface area contributed by atoms with E-state index in [-0.39, 0.29) is 22.9 Å². The van der Waals surface area contributed by atoms with Crippen LogP contribution in [-0.4, -0.2) is 39.5 Å². The molecule has 7 atom stereocenters. The minimum absolute atomic E-state index is 0.191. The number of rotatable bonds is 8. The Hall–Kier alpha value is -2.18. The van der Waals surface area contributed by atoms with Crippen molar-refractivity contribution in [3.8, 4) is 0 Å². The topological polar surface area (TPSA) is 92.8 Å². The zero-order valence-electron chi connectivity index (χ0n) is 24.2. The Bertz CT molecular complexity index is 1140. The molecule has 0 bridgehead atoms. The number of aryl methyl sites for hydroxylation is 1. The second kappa shape index (κ2) is 11.0. The molecule has 0 radical (unpaired) electrons. The summed E-state index contributed by atoms with van der Waals surface area (Å²) in [5.74, 6) is 2.22. The highest BCUT2D eigenvalue weighted by Gasteiger charge is 2.57. The Morgan fingerprint density at radius 1 is 1.26 bits per heavy atom. The molecule has 4 aliphatic rings. The number of carbonyl (C=O) groups is 1. The molecule has 4 saturated carbocycles. The molecule has 4 fully saturated rings. The quantitative estimate of drug-likeness (QED) is 0.368. The summed E-state index contributed by atoms with van der Waals surface area (Å²) in [6.45, 7) is 12.4. The summed E-state index contributed by atoms with van der Waals surface area (Å²) in [6, 6.07) is 0. The number of esters is 1. The third-order valence-electron chi connectivity index (χ3n) is 10.6. The number of ether oxygens (including phenoxy) is 1. The highest BCUT2D eigenvalue weighted by atomic mass is 16.5. The first-order valence-electron chi connectivity index (χ1n) is 15.1. The number of hydrogen-bond acceptors (Lipinski definition) is 6. The van der Waals surface area contributed by atoms with Crippen molar-refractivity contribution >= 4 is 5.97 Å². The largest absolute Gasteiger partial charge is 0.461 e. The Balaban J connectivity index is 1.28. The van der Waals surface area contributed by atoms with E-state index in [0.717, 1.165) is 54.8 Å². The maximum atomic E-state index is 12.1. The molecule has 4 aliphatic carbocycles. The van der Waals surface area contributed by atoms with Gasteiger partial charge in [-0.1, -0.05) is 38.2 Å². The van der Waals surface area contributed by atoms with Gasteiger partial charge in [0, 0.05) is 13.3 Å². The molecular weight excluding hydrogens is 490 g/mol. The minimum Gasteiger partial charge on any atom is -0.461 e. The second-order valence-corrected chi connectivity index (χ2v) is 13.3. The summed E-state index contributed by atoms with van der Waals surface area (Å²) < 4.78 is 11.7. The molecule has 0 amide bonds. The van der Waals surface area contributed by atoms with Gasteiger partial charge in [-0.05, 0) is 105 Å². The highest BCUT2D eigenvalue weighted by molar-refractivity contribution is 5.66. The Labute approximate surface area is 233 Å². The van der Waals surface area contributed by atoms with E-state index in [4.69, 9.17) is 9.15 Å². The SMILES string of the molecule is C=C1C(=CC=C2CCC[C@]3(C)[C@@H]([C@H](C)CC[C@H](OC(C)=O)C4(c5nc(C)co5)CC4)CC[C@@H]23)C[C@@H](O)C[C@@H]1O. The highest BCUT2D eigenvalue weighted by Crippen LogP contribution is 2.60. The Morgan fingerprint density at radius 3 is 2.69 bits per heavy atom. The predicted molar refractivity (Wildman–Crippen MR) is 151 cm³/mol. The lowest BCUT2D eigenvalue weighted by atomic mass is 9.60. The van der Waals surface area contributed by atoms with Crippen LogP contribution in [0.1, 0.15) is 103 Å². The van der Waals surface area contributed by atoms with Crippen LogP contribution in [0.2, 0.25) is 0 Å². The molecule has 2 N–H and O–H groups in total. The fourth-order valence-corrected chi connectivity index (χ4v) is 8.33. The first-order valence-corrected chi connectivity index (χ1v) is 15.1. The van der Waals surface area contributed by atoms with Crippen LogP contribution in [0.5, 0.6) is 0 Å². The molecule has 39 heavy (non-hydrogen) atoms. The van der Waals surface area contributed by atoms with E-state index in [9.17, 15) is 15.0 Å². The second-order valence-electron chi connectivity index (χ2n) is 13.3. The van der Waals surface area contributed by atoms with Crippen molar-refractivity contribution in [2.24, 2.45) is 23.2 Å². The van der Waals surface area contributed by atoms with Gasteiger partial charge in [-0.25, -0.2) is 4.98 Å². The normalized spacial score (nSPS) is 35.6. The van der Waals surface area contributed by atoms with Crippen LogP contribution < -0.4 is 0 Å². The zero-order chi connectivity index (χ0) is 27.9. The van der Waals surface area contributed by atoms with Gasteiger partial charge in [0.25, 0.3) is 0 Å². The molecule has 0 aliphatic heterocycles. The lowest BCUT2D eigenvalue weighted by Gasteiger charge is -2.44. The van der Waals surface area contributed by atoms with Crippen molar-refractivity contribution in [2.45, 2.75) is 122 Å². The summed E-state index contributed by atoms with van der Waals surface area (Å²) in [6.07, 6.45) is 15.5. The van der Waals surface area contributed by atoms with E-state index in [2.05, 4.69) is 37.6 Å². The molecule has 0 aromatic carbocycles. The number of aliphatic hydroxyl groups is 2. The number of hydrogen-bond donors (Lipinski definition) is 2. The van der Waals surface area contributed by atoms with Crippen molar-refractivity contribution in [2.75, 3.05) is 0 Å². The van der Waals surface area contributed by atoms with Gasteiger partial charge in [-0.3, -0.25) is 4.79 Å². The van der Waals surface area contributed by atoms with Crippen LogP contribution in [0.4, 0.5) is 0 Å². The first-order chi connectivity index (χ1) is 18.5. The fraction of sp³-hybridized carbons (Fsp3) is 0.697. The van der Waals surface area contributed by atoms with Crippen LogP contribution in [0.25, 0.3) is 0 Å². The molecule has 1 aromatic rings. The Morgan fingerprint density at radius 2 is 2.03 bits per heavy atom. The van der Waals surface area contributed by atoms with Crippen molar-refractivity contribution in [3.63, 3.8) is 0 Å². The summed E-state index contributed by atoms with van der Waals surface area (Å²) in [7, 11) is 0. The molecule has 6 nitrogen and oxygen atoms in total. The standard InChI is InChI=1S/C33H47NO5/c1-20(8-13-30(39-23(4)35)33(15-16-33)31-34-21(2)19-38-31)27-11-12-28-24(7-6-14-32(27,28)5)9-10-25-17-26(36)18-29(37)22(25)3/h9-10,19-20,26-30,36-37H,3,6-8,11-18H2,1-2,4-5H3/t20-,26-,27-,28+,29+,30+,32-/m1/s1. The average molecular weight is 538 g/mol. The van der Waals surface area contributed by atoms with Gasteiger partial charge in [0.05, 0.1) is 23.3 Å². The molecular formula is C33H47NO5. The molecule has 1 heterocycles. The third kappa shape index (κ3) is 5.56. The van der Waals surface area contributed by atoms with Crippen molar-refractivity contribution < 1.29 is 24.2 Å². The lowest BCUT2D eigenvalue weighted by molar-refractivity contribution is -0.149. The number of nitrogens with zero attached hydrogens (tertiary/aromatic N) is 1. The average Bonchev–Trinajstić information content (AvgIpc) is 3.43. The first kappa shape index (κ1) is 28.4. The molecule has 5 rings (SSSR count). The van der Waals surface area contributed by atoms with E-state index >= 15 is 0 Å². The van der Waals surface area contributed by atoms with Crippen molar-refractivity contribution in [3.05, 3.63) is 53.3 Å². The van der Waals surface area contributed by atoms with E-state index in [1.807, 2.05) is 6.92 Å². The Kier molecular flexibility index (Phi) is 8.00. The van der Waals surface area contributed by atoms with Gasteiger partial charge in [0.15, 0.2) is 0 Å². The lowest BCUT2D eigenvalue weighted by Crippen LogP contribution is -2.37. The monoisotopic (exact) mass is 537 g/mol. The van der Waals surface area contributed by atoms with Crippen LogP contribution in [-0.2, 0) is 14.9 Å². The van der Waals surface area contributed by atoms with Gasteiger partial charge in [0.2, 0.25) is 5.89 Å². The molecule has 1 aromatic heterocycles. The predicted octanol–water partition coefficient (Wildman–Crippen LogP) is 6.50. The van der Waals surface area contributed by atoms with E-state index < -0.39 is 12.2 Å². The molecule has 0 spiro atoms. The van der Waals surface area contributed by atoms with Gasteiger partial charge >= 0.3 is 5.97 Å². The van der Waals surface area contributed by atoms with E-state index in [1.54, 1.807) is 6.26 Å². The molecule has 0 unspecified atom stereocenters. The van der Waals surface area contributed by atoms with Crippen LogP contribution >= 0.6 is 0 Å². The maximum absolute atomic E-state index is 12.1. The molecule has 6 heteroatoms. The van der Waals surface area contributed by atoms with E-state index in [0.29, 0.717) is 30.6 Å². The molecule has 214 valence electrons. The number of aliphatic hydroxyl groups excluding tert-OH is 2. The van der Waals surface area contributed by atoms with Crippen LogP contribution in [0.3, 0.4) is 0 Å². The van der Waals surface area contributed by atoms with Gasteiger partial charge in [0.1, 0.15) is 12.4 Å². The number of aromatic nitrogens is 1. The van der Waals surface area contributed by atoms with Crippen LogP contribution in [0, 0.1) is 30.1 Å². The zero-order valence-corrected chi connectivity index (χ0v) is 24.2. The summed E-state index contributed by atoms with van der Waals surface area (Å²) in [5.41, 5.74) is 4.12. The van der Waals surface area contributed by atoms with Gasteiger partial charge < -0.3 is 19.4 Å². The fourth-order valence-electron chi connectivity index (χ4n) is 8.33. The number of oxazole rings is 1. The minimum atomic E-state index is -0.648. The van der Waals surface area contributed by atoms with Gasteiger partial charge in [-0.15, -0.1) is 0 Å². The van der Waals surface area contributed by atoms with E-state index in [1.165, 1.54) is 38.2 Å². The molecule has 0 saturated heterocycles. The third-order valence-corrected chi connectivity index (χ3v) is 10.6. The number of fused-ring (bicyclic) bond motifs is 1. The van der Waals surface area contributed by atoms with Crippen LogP contribution in [0.15, 0.2) is 46.1 Å². The summed E-state index contributed by atoms with van der Waals surface area (Å²) in [4.78, 5) is 16.7. The number of allylic oxidation sites excluding steroid dienone is 3. The van der Waals surface area contributed by atoms with Crippen molar-refractivity contribution in [1.29, 1.82) is 0 Å². The summed E-state index contributed by atoms with van der Waals surface area (Å²) in [5, 5.41) is 20.4. The summed E-state index contributed by atoms with van der Waals surface area (Å²) >= 11 is 0. The van der Waals surface area contributed by atoms with Gasteiger partial charge in [-0.2, -0.15) is 0 Å². The maximum Gasteiger partial charge on any atom is 0.302 e.